The lowest BCUT2D eigenvalue weighted by atomic mass is 10.1. The molecular formula is C21H27N3O. The van der Waals surface area contributed by atoms with E-state index in [0.29, 0.717) is 19.1 Å². The lowest BCUT2D eigenvalue weighted by Crippen LogP contribution is -2.42. The Morgan fingerprint density at radius 3 is 2.56 bits per heavy atom. The zero-order valence-electron chi connectivity index (χ0n) is 15.3. The number of hydrogen-bond donors (Lipinski definition) is 1. The molecule has 1 aliphatic rings. The highest BCUT2D eigenvalue weighted by Gasteiger charge is 2.27. The van der Waals surface area contributed by atoms with E-state index in [1.807, 2.05) is 38.4 Å². The van der Waals surface area contributed by atoms with Gasteiger partial charge < -0.3 is 15.1 Å². The zero-order valence-corrected chi connectivity index (χ0v) is 15.3. The Balaban J connectivity index is 1.61. The molecule has 0 radical (unpaired) electrons. The minimum atomic E-state index is 0.0753. The molecule has 4 nitrogen and oxygen atoms in total. The number of hydrogen-bond acceptors (Lipinski definition) is 3. The maximum Gasteiger partial charge on any atom is 0.239 e. The van der Waals surface area contributed by atoms with Crippen molar-refractivity contribution < 1.29 is 4.79 Å². The second-order valence-corrected chi connectivity index (χ2v) is 7.00. The Morgan fingerprint density at radius 2 is 1.84 bits per heavy atom. The van der Waals surface area contributed by atoms with Crippen molar-refractivity contribution in [1.82, 2.24) is 10.2 Å². The molecule has 25 heavy (non-hydrogen) atoms. The number of carbonyl (C=O) groups is 1. The summed E-state index contributed by atoms with van der Waals surface area (Å²) in [5.74, 6) is 0.0753. The summed E-state index contributed by atoms with van der Waals surface area (Å²) in [4.78, 5) is 16.9. The minimum Gasteiger partial charge on any atom is -0.359 e. The monoisotopic (exact) mass is 337 g/mol. The third-order valence-electron chi connectivity index (χ3n) is 4.96. The first-order valence-electron chi connectivity index (χ1n) is 8.89. The van der Waals surface area contributed by atoms with Gasteiger partial charge in [0.05, 0.1) is 12.6 Å². The molecule has 0 aliphatic carbocycles. The van der Waals surface area contributed by atoms with Crippen LogP contribution in [-0.2, 0) is 11.2 Å². The van der Waals surface area contributed by atoms with Crippen molar-refractivity contribution >= 4 is 11.6 Å². The van der Waals surface area contributed by atoms with Gasteiger partial charge in [0.25, 0.3) is 0 Å². The number of rotatable bonds is 6. The van der Waals surface area contributed by atoms with Crippen molar-refractivity contribution in [2.24, 2.45) is 0 Å². The van der Waals surface area contributed by atoms with Gasteiger partial charge in [-0.15, -0.1) is 0 Å². The molecule has 0 saturated carbocycles. The predicted molar refractivity (Wildman–Crippen MR) is 103 cm³/mol. The molecule has 0 aromatic heterocycles. The summed E-state index contributed by atoms with van der Waals surface area (Å²) >= 11 is 0. The quantitative estimate of drug-likeness (QED) is 0.880. The first-order chi connectivity index (χ1) is 12.1. The van der Waals surface area contributed by atoms with Gasteiger partial charge in [-0.1, -0.05) is 48.5 Å². The van der Waals surface area contributed by atoms with E-state index in [2.05, 4.69) is 52.4 Å². The standard InChI is InChI=1S/C21H27N3O/c1-16-13-18-11-7-8-12-19(18)24(16)15-21(25)22-14-20(23(2)3)17-9-5-4-6-10-17/h4-12,16,20H,13-15H2,1-3H3,(H,22,25). The van der Waals surface area contributed by atoms with Crippen LogP contribution in [0, 0.1) is 0 Å². The number of nitrogens with zero attached hydrogens (tertiary/aromatic N) is 2. The molecule has 2 aromatic rings. The average Bonchev–Trinajstić information content (AvgIpc) is 2.91. The second-order valence-electron chi connectivity index (χ2n) is 7.00. The van der Waals surface area contributed by atoms with Gasteiger partial charge in [-0.3, -0.25) is 4.79 Å². The number of benzene rings is 2. The lowest BCUT2D eigenvalue weighted by molar-refractivity contribution is -0.120. The molecule has 3 rings (SSSR count). The van der Waals surface area contributed by atoms with Gasteiger partial charge in [-0.25, -0.2) is 0 Å². The molecule has 2 unspecified atom stereocenters. The molecule has 1 N–H and O–H groups in total. The van der Waals surface area contributed by atoms with Crippen LogP contribution in [0.15, 0.2) is 54.6 Å². The van der Waals surface area contributed by atoms with Gasteiger partial charge in [-0.05, 0) is 44.6 Å². The Kier molecular flexibility index (Phi) is 5.39. The molecule has 1 amide bonds. The van der Waals surface area contributed by atoms with E-state index in [1.165, 1.54) is 16.8 Å². The first-order valence-corrected chi connectivity index (χ1v) is 8.89. The summed E-state index contributed by atoms with van der Waals surface area (Å²) in [5, 5.41) is 3.12. The number of nitrogens with one attached hydrogen (secondary N) is 1. The fourth-order valence-corrected chi connectivity index (χ4v) is 3.57. The third kappa shape index (κ3) is 4.02. The van der Waals surface area contributed by atoms with E-state index >= 15 is 0 Å². The minimum absolute atomic E-state index is 0.0753. The Labute approximate surface area is 150 Å². The zero-order chi connectivity index (χ0) is 17.8. The highest BCUT2D eigenvalue weighted by Crippen LogP contribution is 2.31. The fraction of sp³-hybridized carbons (Fsp3) is 0.381. The fourth-order valence-electron chi connectivity index (χ4n) is 3.57. The molecule has 0 bridgehead atoms. The molecular weight excluding hydrogens is 310 g/mol. The van der Waals surface area contributed by atoms with Crippen LogP contribution in [-0.4, -0.2) is 44.0 Å². The summed E-state index contributed by atoms with van der Waals surface area (Å²) in [6, 6.07) is 19.2. The topological polar surface area (TPSA) is 35.6 Å². The molecule has 1 heterocycles. The molecule has 1 aliphatic heterocycles. The smallest absolute Gasteiger partial charge is 0.239 e. The number of likely N-dealkylation sites (N-methyl/N-ethyl adjacent to an activating group) is 1. The summed E-state index contributed by atoms with van der Waals surface area (Å²) in [7, 11) is 4.09. The molecule has 2 atom stereocenters. The van der Waals surface area contributed by atoms with Crippen molar-refractivity contribution in [3.63, 3.8) is 0 Å². The van der Waals surface area contributed by atoms with Crippen LogP contribution >= 0.6 is 0 Å². The molecule has 4 heteroatoms. The Morgan fingerprint density at radius 1 is 1.16 bits per heavy atom. The van der Waals surface area contributed by atoms with E-state index in [0.717, 1.165) is 6.42 Å². The summed E-state index contributed by atoms with van der Waals surface area (Å²) in [5.41, 5.74) is 3.74. The highest BCUT2D eigenvalue weighted by molar-refractivity contribution is 5.82. The van der Waals surface area contributed by atoms with Crippen molar-refractivity contribution in [2.45, 2.75) is 25.4 Å². The van der Waals surface area contributed by atoms with Crippen LogP contribution in [0.2, 0.25) is 0 Å². The van der Waals surface area contributed by atoms with E-state index in [9.17, 15) is 4.79 Å². The van der Waals surface area contributed by atoms with Gasteiger partial charge in [0.2, 0.25) is 5.91 Å². The third-order valence-corrected chi connectivity index (χ3v) is 4.96. The van der Waals surface area contributed by atoms with Crippen molar-refractivity contribution in [3.05, 3.63) is 65.7 Å². The maximum absolute atomic E-state index is 12.5. The molecule has 0 spiro atoms. The van der Waals surface area contributed by atoms with Gasteiger partial charge in [0.15, 0.2) is 0 Å². The Bertz CT molecular complexity index is 714. The number of fused-ring (bicyclic) bond motifs is 1. The van der Waals surface area contributed by atoms with Crippen LogP contribution in [0.4, 0.5) is 5.69 Å². The lowest BCUT2D eigenvalue weighted by Gasteiger charge is -2.27. The number of carbonyl (C=O) groups excluding carboxylic acids is 1. The SMILES string of the molecule is CC1Cc2ccccc2N1CC(=O)NCC(c1ccccc1)N(C)C. The van der Waals surface area contributed by atoms with Crippen LogP contribution < -0.4 is 10.2 Å². The first kappa shape index (κ1) is 17.5. The maximum atomic E-state index is 12.5. The average molecular weight is 337 g/mol. The predicted octanol–water partition coefficient (Wildman–Crippen LogP) is 2.86. The summed E-state index contributed by atoms with van der Waals surface area (Å²) < 4.78 is 0. The summed E-state index contributed by atoms with van der Waals surface area (Å²) in [6.45, 7) is 3.20. The van der Waals surface area contributed by atoms with Gasteiger partial charge >= 0.3 is 0 Å². The van der Waals surface area contributed by atoms with Crippen molar-refractivity contribution in [2.75, 3.05) is 32.1 Å². The van der Waals surface area contributed by atoms with Gasteiger partial charge in [0.1, 0.15) is 0 Å². The molecule has 0 saturated heterocycles. The largest absolute Gasteiger partial charge is 0.359 e. The van der Waals surface area contributed by atoms with Gasteiger partial charge in [-0.2, -0.15) is 0 Å². The molecule has 0 fully saturated rings. The normalized spacial score (nSPS) is 17.4. The summed E-state index contributed by atoms with van der Waals surface area (Å²) in [6.07, 6.45) is 1.01. The number of anilines is 1. The number of para-hydroxylation sites is 1. The van der Waals surface area contributed by atoms with E-state index in [-0.39, 0.29) is 11.9 Å². The van der Waals surface area contributed by atoms with E-state index in [4.69, 9.17) is 0 Å². The number of amides is 1. The van der Waals surface area contributed by atoms with Crippen LogP contribution in [0.5, 0.6) is 0 Å². The van der Waals surface area contributed by atoms with E-state index < -0.39 is 0 Å². The van der Waals surface area contributed by atoms with Crippen molar-refractivity contribution in [1.29, 1.82) is 0 Å². The highest BCUT2D eigenvalue weighted by atomic mass is 16.2. The van der Waals surface area contributed by atoms with Crippen molar-refractivity contribution in [3.8, 4) is 0 Å². The van der Waals surface area contributed by atoms with Crippen LogP contribution in [0.25, 0.3) is 0 Å². The Hall–Kier alpha value is -2.33. The van der Waals surface area contributed by atoms with Gasteiger partial charge in [0, 0.05) is 18.3 Å². The van der Waals surface area contributed by atoms with Crippen LogP contribution in [0.1, 0.15) is 24.1 Å². The second kappa shape index (κ2) is 7.70. The molecule has 132 valence electrons. The van der Waals surface area contributed by atoms with Crippen LogP contribution in [0.3, 0.4) is 0 Å². The van der Waals surface area contributed by atoms with E-state index in [1.54, 1.807) is 0 Å². The molecule has 2 aromatic carbocycles.